The fourth-order valence-corrected chi connectivity index (χ4v) is 2.77. The molecule has 0 bridgehead atoms. The Morgan fingerprint density at radius 1 is 1.50 bits per heavy atom. The van der Waals surface area contributed by atoms with E-state index in [0.29, 0.717) is 13.1 Å². The van der Waals surface area contributed by atoms with Crippen LogP contribution in [0.5, 0.6) is 0 Å². The maximum Gasteiger partial charge on any atom is 0.317 e. The molecular formula is C12H22N2O3S. The van der Waals surface area contributed by atoms with Crippen molar-refractivity contribution in [2.75, 3.05) is 24.6 Å². The third-order valence-corrected chi connectivity index (χ3v) is 3.98. The van der Waals surface area contributed by atoms with Crippen LogP contribution in [0.1, 0.15) is 32.6 Å². The second-order valence-corrected chi connectivity index (χ2v) is 5.76. The summed E-state index contributed by atoms with van der Waals surface area (Å²) in [5, 5.41) is 11.7. The van der Waals surface area contributed by atoms with Gasteiger partial charge in [0.15, 0.2) is 0 Å². The zero-order chi connectivity index (χ0) is 13.4. The number of hydrogen-bond donors (Lipinski definition) is 2. The second kappa shape index (κ2) is 8.24. The van der Waals surface area contributed by atoms with Gasteiger partial charge >= 0.3 is 12.0 Å². The molecule has 1 aliphatic rings. The molecule has 0 spiro atoms. The smallest absolute Gasteiger partial charge is 0.317 e. The molecule has 0 saturated carbocycles. The zero-order valence-electron chi connectivity index (χ0n) is 10.9. The highest BCUT2D eigenvalue weighted by Gasteiger charge is 2.29. The molecule has 2 amide bonds. The summed E-state index contributed by atoms with van der Waals surface area (Å²) in [6.45, 7) is 3.46. The first kappa shape index (κ1) is 15.1. The molecule has 18 heavy (non-hydrogen) atoms. The molecule has 1 heterocycles. The van der Waals surface area contributed by atoms with Crippen LogP contribution in [-0.2, 0) is 4.79 Å². The van der Waals surface area contributed by atoms with Crippen LogP contribution >= 0.6 is 11.8 Å². The topological polar surface area (TPSA) is 69.6 Å². The van der Waals surface area contributed by atoms with Crippen LogP contribution < -0.4 is 5.32 Å². The first-order valence-electron chi connectivity index (χ1n) is 6.49. The first-order chi connectivity index (χ1) is 8.65. The SMILES string of the molecule is CCSCCCNC(=O)N1CCCC1CC(=O)O. The number of thioether (sulfide) groups is 1. The lowest BCUT2D eigenvalue weighted by Crippen LogP contribution is -2.43. The number of rotatable bonds is 7. The van der Waals surface area contributed by atoms with Crippen LogP contribution in [0.3, 0.4) is 0 Å². The highest BCUT2D eigenvalue weighted by atomic mass is 32.2. The van der Waals surface area contributed by atoms with Crippen LogP contribution in [0.4, 0.5) is 4.79 Å². The third-order valence-electron chi connectivity index (χ3n) is 2.99. The van der Waals surface area contributed by atoms with E-state index in [1.807, 2.05) is 11.8 Å². The summed E-state index contributed by atoms with van der Waals surface area (Å²) in [6.07, 6.45) is 2.71. The normalized spacial score (nSPS) is 18.9. The molecule has 1 atom stereocenters. The van der Waals surface area contributed by atoms with Gasteiger partial charge in [0.25, 0.3) is 0 Å². The maximum absolute atomic E-state index is 11.9. The molecule has 1 saturated heterocycles. The van der Waals surface area contributed by atoms with E-state index in [1.54, 1.807) is 4.90 Å². The highest BCUT2D eigenvalue weighted by molar-refractivity contribution is 7.99. The molecule has 0 aromatic heterocycles. The van der Waals surface area contributed by atoms with E-state index in [4.69, 9.17) is 5.11 Å². The molecule has 0 aromatic carbocycles. The van der Waals surface area contributed by atoms with Gasteiger partial charge < -0.3 is 15.3 Å². The minimum atomic E-state index is -0.834. The second-order valence-electron chi connectivity index (χ2n) is 4.37. The monoisotopic (exact) mass is 274 g/mol. The maximum atomic E-state index is 11.9. The van der Waals surface area contributed by atoms with Crippen LogP contribution in [-0.4, -0.2) is 52.6 Å². The number of carboxylic acids is 1. The Morgan fingerprint density at radius 2 is 2.28 bits per heavy atom. The molecule has 5 nitrogen and oxygen atoms in total. The Bertz CT molecular complexity index is 286. The summed E-state index contributed by atoms with van der Waals surface area (Å²) in [5.74, 6) is 1.31. The van der Waals surface area contributed by atoms with Crippen molar-refractivity contribution in [3.63, 3.8) is 0 Å². The average molecular weight is 274 g/mol. The van der Waals surface area contributed by atoms with E-state index < -0.39 is 5.97 Å². The molecule has 104 valence electrons. The van der Waals surface area contributed by atoms with Gasteiger partial charge in [-0.1, -0.05) is 6.92 Å². The average Bonchev–Trinajstić information content (AvgIpc) is 2.76. The molecule has 6 heteroatoms. The number of nitrogens with zero attached hydrogens (tertiary/aromatic N) is 1. The van der Waals surface area contributed by atoms with Crippen molar-refractivity contribution in [3.8, 4) is 0 Å². The number of hydrogen-bond acceptors (Lipinski definition) is 3. The van der Waals surface area contributed by atoms with E-state index in [9.17, 15) is 9.59 Å². The van der Waals surface area contributed by atoms with Crippen LogP contribution in [0.2, 0.25) is 0 Å². The van der Waals surface area contributed by atoms with E-state index in [-0.39, 0.29) is 18.5 Å². The lowest BCUT2D eigenvalue weighted by Gasteiger charge is -2.23. The fraction of sp³-hybridized carbons (Fsp3) is 0.833. The van der Waals surface area contributed by atoms with Crippen molar-refractivity contribution < 1.29 is 14.7 Å². The van der Waals surface area contributed by atoms with Crippen molar-refractivity contribution in [1.29, 1.82) is 0 Å². The molecule has 1 rings (SSSR count). The number of carboxylic acid groups (broad SMARTS) is 1. The Hall–Kier alpha value is -0.910. The van der Waals surface area contributed by atoms with Crippen LogP contribution in [0, 0.1) is 0 Å². The summed E-state index contributed by atoms with van der Waals surface area (Å²) in [5.41, 5.74) is 0. The van der Waals surface area contributed by atoms with Gasteiger partial charge in [-0.05, 0) is 30.8 Å². The van der Waals surface area contributed by atoms with Crippen LogP contribution in [0.25, 0.3) is 0 Å². The summed E-state index contributed by atoms with van der Waals surface area (Å²) >= 11 is 1.86. The number of likely N-dealkylation sites (tertiary alicyclic amines) is 1. The summed E-state index contributed by atoms with van der Waals surface area (Å²) in [6, 6.07) is -0.243. The van der Waals surface area contributed by atoms with E-state index >= 15 is 0 Å². The summed E-state index contributed by atoms with van der Waals surface area (Å²) in [4.78, 5) is 24.2. The molecule has 2 N–H and O–H groups in total. The summed E-state index contributed by atoms with van der Waals surface area (Å²) < 4.78 is 0. The number of carbonyl (C=O) groups is 2. The fourth-order valence-electron chi connectivity index (χ4n) is 2.13. The number of carbonyl (C=O) groups excluding carboxylic acids is 1. The standard InChI is InChI=1S/C12H22N2O3S/c1-2-18-8-4-6-13-12(17)14-7-3-5-10(14)9-11(15)16/h10H,2-9H2,1H3,(H,13,17)(H,15,16). The predicted molar refractivity (Wildman–Crippen MR) is 73.0 cm³/mol. The Balaban J connectivity index is 2.25. The molecule has 1 unspecified atom stereocenters. The van der Waals surface area contributed by atoms with Gasteiger partial charge in [0.05, 0.1) is 6.42 Å². The van der Waals surface area contributed by atoms with Gasteiger partial charge in [-0.25, -0.2) is 4.79 Å². The third kappa shape index (κ3) is 5.16. The van der Waals surface area contributed by atoms with Gasteiger partial charge in [-0.15, -0.1) is 0 Å². The molecule has 1 fully saturated rings. The van der Waals surface area contributed by atoms with Gasteiger partial charge in [-0.3, -0.25) is 4.79 Å². The van der Waals surface area contributed by atoms with Gasteiger partial charge in [0.1, 0.15) is 0 Å². The lowest BCUT2D eigenvalue weighted by atomic mass is 10.1. The minimum Gasteiger partial charge on any atom is -0.481 e. The Morgan fingerprint density at radius 3 is 2.94 bits per heavy atom. The molecule has 1 aliphatic heterocycles. The first-order valence-corrected chi connectivity index (χ1v) is 7.64. The Kier molecular flexibility index (Phi) is 6.93. The van der Waals surface area contributed by atoms with Crippen LogP contribution in [0.15, 0.2) is 0 Å². The van der Waals surface area contributed by atoms with Crippen molar-refractivity contribution in [1.82, 2.24) is 10.2 Å². The van der Waals surface area contributed by atoms with E-state index in [2.05, 4.69) is 12.2 Å². The Labute approximate surface area is 112 Å². The van der Waals surface area contributed by atoms with Gasteiger partial charge in [0.2, 0.25) is 0 Å². The van der Waals surface area contributed by atoms with E-state index in [1.165, 1.54) is 0 Å². The molecule has 0 radical (unpaired) electrons. The number of nitrogens with one attached hydrogen (secondary N) is 1. The minimum absolute atomic E-state index is 0.0547. The van der Waals surface area contributed by atoms with Gasteiger partial charge in [-0.2, -0.15) is 11.8 Å². The molecular weight excluding hydrogens is 252 g/mol. The van der Waals surface area contributed by atoms with Crippen molar-refractivity contribution in [2.24, 2.45) is 0 Å². The predicted octanol–water partition coefficient (Wildman–Crippen LogP) is 1.78. The number of amides is 2. The van der Waals surface area contributed by atoms with Crippen molar-refractivity contribution >= 4 is 23.8 Å². The summed E-state index contributed by atoms with van der Waals surface area (Å²) in [7, 11) is 0. The number of urea groups is 1. The zero-order valence-corrected chi connectivity index (χ0v) is 11.7. The van der Waals surface area contributed by atoms with Crippen molar-refractivity contribution in [3.05, 3.63) is 0 Å². The van der Waals surface area contributed by atoms with Crippen molar-refractivity contribution in [2.45, 2.75) is 38.6 Å². The highest BCUT2D eigenvalue weighted by Crippen LogP contribution is 2.19. The quantitative estimate of drug-likeness (QED) is 0.694. The molecule has 0 aliphatic carbocycles. The van der Waals surface area contributed by atoms with Gasteiger partial charge in [0, 0.05) is 19.1 Å². The molecule has 0 aromatic rings. The lowest BCUT2D eigenvalue weighted by molar-refractivity contribution is -0.137. The number of aliphatic carboxylic acids is 1. The largest absolute Gasteiger partial charge is 0.481 e. The van der Waals surface area contributed by atoms with E-state index in [0.717, 1.165) is 30.8 Å².